The summed E-state index contributed by atoms with van der Waals surface area (Å²) in [5, 5.41) is 11.0. The number of aromatic nitrogens is 1. The van der Waals surface area contributed by atoms with E-state index in [1.54, 1.807) is 6.07 Å². The molecule has 1 heterocycles. The Kier molecular flexibility index (Phi) is 4.62. The Hall–Kier alpha value is -3.01. The van der Waals surface area contributed by atoms with Gasteiger partial charge in [0, 0.05) is 11.5 Å². The molecule has 0 aliphatic rings. The predicted octanol–water partition coefficient (Wildman–Crippen LogP) is 4.28. The molecule has 28 heavy (non-hydrogen) atoms. The van der Waals surface area contributed by atoms with Crippen LogP contribution in [0.2, 0.25) is 0 Å². The summed E-state index contributed by atoms with van der Waals surface area (Å²) in [4.78, 5) is 14.0. The number of nitro groups is 1. The molecule has 1 aromatic heterocycles. The molecule has 0 bridgehead atoms. The Morgan fingerprint density at radius 2 is 1.89 bits per heavy atom. The van der Waals surface area contributed by atoms with Crippen molar-refractivity contribution < 1.29 is 22.1 Å². The van der Waals surface area contributed by atoms with Crippen LogP contribution in [0.4, 0.5) is 15.8 Å². The average Bonchev–Trinajstić information content (AvgIpc) is 3.00. The Labute approximate surface area is 160 Å². The first-order valence-corrected chi connectivity index (χ1v) is 9.75. The highest BCUT2D eigenvalue weighted by atomic mass is 32.2. The fraction of sp³-hybridized carbons (Fsp3) is 0.278. The minimum Gasteiger partial charge on any atom is -0.440 e. The summed E-state index contributed by atoms with van der Waals surface area (Å²) in [6, 6.07) is 6.29. The number of oxazole rings is 1. The molecule has 148 valence electrons. The van der Waals surface area contributed by atoms with Gasteiger partial charge in [0.2, 0.25) is 11.7 Å². The number of sulfonamides is 1. The summed E-state index contributed by atoms with van der Waals surface area (Å²) in [6.07, 6.45) is 0. The number of hydrogen-bond acceptors (Lipinski definition) is 6. The van der Waals surface area contributed by atoms with Gasteiger partial charge in [-0.2, -0.15) is 4.39 Å². The zero-order valence-corrected chi connectivity index (χ0v) is 16.4. The summed E-state index contributed by atoms with van der Waals surface area (Å²) in [5.74, 6) is -0.560. The monoisotopic (exact) mass is 407 g/mol. The SMILES string of the molecule is Cc1cc(S(=O)(=O)Nc2ccc3oc(C(C)(C)C)nc3c2)cc([N+](=O)[O-])c1F. The van der Waals surface area contributed by atoms with Crippen LogP contribution in [-0.4, -0.2) is 18.3 Å². The molecule has 0 unspecified atom stereocenters. The van der Waals surface area contributed by atoms with Crippen molar-refractivity contribution in [2.45, 2.75) is 38.0 Å². The Morgan fingerprint density at radius 1 is 1.21 bits per heavy atom. The van der Waals surface area contributed by atoms with E-state index in [2.05, 4.69) is 9.71 Å². The molecule has 0 fully saturated rings. The van der Waals surface area contributed by atoms with E-state index >= 15 is 0 Å². The first-order valence-electron chi connectivity index (χ1n) is 8.27. The summed E-state index contributed by atoms with van der Waals surface area (Å²) in [6.45, 7) is 7.07. The Morgan fingerprint density at radius 3 is 2.50 bits per heavy atom. The third kappa shape index (κ3) is 3.68. The van der Waals surface area contributed by atoms with Crippen LogP contribution < -0.4 is 4.72 Å². The minimum atomic E-state index is -4.18. The molecule has 8 nitrogen and oxygen atoms in total. The molecule has 0 atom stereocenters. The van der Waals surface area contributed by atoms with E-state index < -0.39 is 31.3 Å². The van der Waals surface area contributed by atoms with Gasteiger partial charge in [0.25, 0.3) is 10.0 Å². The summed E-state index contributed by atoms with van der Waals surface area (Å²) >= 11 is 0. The molecular formula is C18H18FN3O5S. The lowest BCUT2D eigenvalue weighted by Gasteiger charge is -2.11. The minimum absolute atomic E-state index is 0.142. The molecule has 0 amide bonds. The number of nitro benzene ring substituents is 1. The first kappa shape index (κ1) is 19.7. The largest absolute Gasteiger partial charge is 0.440 e. The van der Waals surface area contributed by atoms with E-state index in [0.717, 1.165) is 6.07 Å². The highest BCUT2D eigenvalue weighted by Crippen LogP contribution is 2.29. The maximum atomic E-state index is 13.8. The molecule has 3 rings (SSSR count). The highest BCUT2D eigenvalue weighted by molar-refractivity contribution is 7.92. The van der Waals surface area contributed by atoms with Crippen LogP contribution in [0.1, 0.15) is 32.2 Å². The smallest absolute Gasteiger partial charge is 0.306 e. The molecule has 0 aliphatic carbocycles. The van der Waals surface area contributed by atoms with Crippen molar-refractivity contribution in [3.05, 3.63) is 57.7 Å². The second kappa shape index (κ2) is 6.55. The van der Waals surface area contributed by atoms with Gasteiger partial charge in [-0.3, -0.25) is 14.8 Å². The molecular weight excluding hydrogens is 389 g/mol. The lowest BCUT2D eigenvalue weighted by Crippen LogP contribution is -2.14. The summed E-state index contributed by atoms with van der Waals surface area (Å²) in [5.41, 5.74) is -0.194. The number of rotatable bonds is 4. The van der Waals surface area contributed by atoms with Crippen LogP contribution >= 0.6 is 0 Å². The van der Waals surface area contributed by atoms with Crippen LogP contribution in [0.25, 0.3) is 11.1 Å². The van der Waals surface area contributed by atoms with Crippen LogP contribution in [0.15, 0.2) is 39.6 Å². The fourth-order valence-corrected chi connectivity index (χ4v) is 3.69. The van der Waals surface area contributed by atoms with Crippen molar-refractivity contribution in [2.24, 2.45) is 0 Å². The van der Waals surface area contributed by atoms with Gasteiger partial charge < -0.3 is 4.42 Å². The number of fused-ring (bicyclic) bond motifs is 1. The van der Waals surface area contributed by atoms with E-state index in [-0.39, 0.29) is 16.7 Å². The standard InChI is InChI=1S/C18H18FN3O5S/c1-10-7-12(9-14(16(10)19)22(23)24)28(25,26)21-11-5-6-15-13(8-11)20-17(27-15)18(2,3)4/h5-9,21H,1-4H3. The number of aryl methyl sites for hydroxylation is 1. The van der Waals surface area contributed by atoms with E-state index in [9.17, 15) is 22.9 Å². The van der Waals surface area contributed by atoms with Crippen molar-refractivity contribution in [1.29, 1.82) is 0 Å². The van der Waals surface area contributed by atoms with Gasteiger partial charge in [0.15, 0.2) is 5.58 Å². The number of benzene rings is 2. The first-order chi connectivity index (χ1) is 12.9. The van der Waals surface area contributed by atoms with Crippen molar-refractivity contribution >= 4 is 32.5 Å². The van der Waals surface area contributed by atoms with Crippen molar-refractivity contribution in [1.82, 2.24) is 4.98 Å². The average molecular weight is 407 g/mol. The number of halogens is 1. The molecule has 0 radical (unpaired) electrons. The number of anilines is 1. The van der Waals surface area contributed by atoms with Crippen molar-refractivity contribution in [2.75, 3.05) is 4.72 Å². The molecule has 0 spiro atoms. The topological polar surface area (TPSA) is 115 Å². The van der Waals surface area contributed by atoms with E-state index in [4.69, 9.17) is 4.42 Å². The van der Waals surface area contributed by atoms with Gasteiger partial charge in [-0.1, -0.05) is 20.8 Å². The van der Waals surface area contributed by atoms with Gasteiger partial charge >= 0.3 is 5.69 Å². The van der Waals surface area contributed by atoms with Gasteiger partial charge in [0.1, 0.15) is 5.52 Å². The molecule has 0 saturated heterocycles. The van der Waals surface area contributed by atoms with Gasteiger partial charge in [0.05, 0.1) is 15.5 Å². The third-order valence-electron chi connectivity index (χ3n) is 4.00. The van der Waals surface area contributed by atoms with Crippen LogP contribution in [0, 0.1) is 22.9 Å². The summed E-state index contributed by atoms with van der Waals surface area (Å²) in [7, 11) is -4.18. The quantitative estimate of drug-likeness (QED) is 0.510. The van der Waals surface area contributed by atoms with E-state index in [0.29, 0.717) is 23.1 Å². The molecule has 1 N–H and O–H groups in total. The molecule has 0 saturated carbocycles. The molecule has 0 aliphatic heterocycles. The zero-order valence-electron chi connectivity index (χ0n) is 15.6. The third-order valence-corrected chi connectivity index (χ3v) is 5.36. The predicted molar refractivity (Wildman–Crippen MR) is 101 cm³/mol. The molecule has 10 heteroatoms. The second-order valence-corrected chi connectivity index (χ2v) is 9.07. The molecule has 2 aromatic carbocycles. The van der Waals surface area contributed by atoms with Crippen LogP contribution in [0.5, 0.6) is 0 Å². The van der Waals surface area contributed by atoms with Gasteiger partial charge in [-0.25, -0.2) is 13.4 Å². The van der Waals surface area contributed by atoms with Crippen molar-refractivity contribution in [3.63, 3.8) is 0 Å². The second-order valence-electron chi connectivity index (χ2n) is 7.39. The van der Waals surface area contributed by atoms with E-state index in [1.165, 1.54) is 19.1 Å². The Bertz CT molecular complexity index is 1200. The molecule has 3 aromatic rings. The Balaban J connectivity index is 2.00. The van der Waals surface area contributed by atoms with Gasteiger partial charge in [-0.15, -0.1) is 0 Å². The van der Waals surface area contributed by atoms with E-state index in [1.807, 2.05) is 20.8 Å². The number of hydrogen-bond donors (Lipinski definition) is 1. The van der Waals surface area contributed by atoms with Crippen LogP contribution in [0.3, 0.4) is 0 Å². The lowest BCUT2D eigenvalue weighted by molar-refractivity contribution is -0.387. The maximum Gasteiger partial charge on any atom is 0.306 e. The number of nitrogens with one attached hydrogen (secondary N) is 1. The fourth-order valence-electron chi connectivity index (χ4n) is 2.53. The highest BCUT2D eigenvalue weighted by Gasteiger charge is 2.25. The lowest BCUT2D eigenvalue weighted by atomic mass is 9.97. The van der Waals surface area contributed by atoms with Crippen LogP contribution in [-0.2, 0) is 15.4 Å². The normalized spacial score (nSPS) is 12.3. The number of nitrogens with zero attached hydrogens (tertiary/aromatic N) is 2. The maximum absolute atomic E-state index is 13.8. The van der Waals surface area contributed by atoms with Gasteiger partial charge in [-0.05, 0) is 36.8 Å². The van der Waals surface area contributed by atoms with Crippen molar-refractivity contribution in [3.8, 4) is 0 Å². The zero-order chi connectivity index (χ0) is 20.9. The summed E-state index contributed by atoms with van der Waals surface area (Å²) < 4.78 is 47.1.